The summed E-state index contributed by atoms with van der Waals surface area (Å²) < 4.78 is 79.4. The van der Waals surface area contributed by atoms with Crippen molar-refractivity contribution < 1.29 is 45.8 Å². The van der Waals surface area contributed by atoms with Gasteiger partial charge in [0.2, 0.25) is 5.28 Å². The molecule has 0 bridgehead atoms. The van der Waals surface area contributed by atoms with Crippen LogP contribution in [0.15, 0.2) is 49.1 Å². The van der Waals surface area contributed by atoms with Crippen molar-refractivity contribution in [1.29, 1.82) is 0 Å². The lowest BCUT2D eigenvalue weighted by Crippen LogP contribution is -2.18. The Hall–Kier alpha value is -3.81. The number of ether oxygens (including phenoxy) is 1. The fraction of sp³-hybridized carbons (Fsp3) is 0.200. The molecule has 15 heteroatoms. The van der Waals surface area contributed by atoms with Gasteiger partial charge in [-0.25, -0.2) is 29.5 Å². The van der Waals surface area contributed by atoms with Crippen LogP contribution >= 0.6 is 11.6 Å². The smallest absolute Gasteiger partial charge is 0.434 e. The first-order valence-corrected chi connectivity index (χ1v) is 9.09. The molecular weight excluding hydrogens is 510 g/mol. The number of benzene rings is 1. The number of halogens is 7. The number of hydrogen-bond acceptors (Lipinski definition) is 7. The molecule has 0 aliphatic heterocycles. The molecule has 2 aromatic heterocycles. The molecule has 0 saturated carbocycles. The van der Waals surface area contributed by atoms with Gasteiger partial charge < -0.3 is 9.84 Å². The minimum Gasteiger partial charge on any atom is -0.478 e. The lowest BCUT2D eigenvalue weighted by atomic mass is 10.2. The minimum absolute atomic E-state index is 0. The van der Waals surface area contributed by atoms with Gasteiger partial charge in [0.05, 0.1) is 0 Å². The number of aromatic carboxylic acids is 1. The van der Waals surface area contributed by atoms with E-state index in [0.29, 0.717) is 24.3 Å². The number of aromatic nitrogens is 4. The van der Waals surface area contributed by atoms with Crippen molar-refractivity contribution in [2.75, 3.05) is 0 Å². The summed E-state index contributed by atoms with van der Waals surface area (Å²) in [4.78, 5) is 34.5. The molecule has 0 saturated heterocycles. The van der Waals surface area contributed by atoms with Crippen LogP contribution < -0.4 is 0 Å². The Bertz CT molecular complexity index is 1160. The van der Waals surface area contributed by atoms with Crippen molar-refractivity contribution in [3.05, 3.63) is 82.4 Å². The largest absolute Gasteiger partial charge is 0.478 e. The third kappa shape index (κ3) is 8.48. The highest BCUT2D eigenvalue weighted by Gasteiger charge is 2.39. The SMILES string of the molecule is C.O=C(O)c1cncnc1C(F)(F)F.O=C(OCc1ccccc1)c1cnc(Cl)nc1C(F)(F)F. The molecule has 188 valence electrons. The first-order valence-electron chi connectivity index (χ1n) is 8.72. The fourth-order valence-electron chi connectivity index (χ4n) is 2.24. The maximum absolute atomic E-state index is 12.8. The third-order valence-electron chi connectivity index (χ3n) is 3.67. The molecule has 0 radical (unpaired) electrons. The van der Waals surface area contributed by atoms with Crippen LogP contribution in [0.1, 0.15) is 45.1 Å². The van der Waals surface area contributed by atoms with E-state index in [1.807, 2.05) is 0 Å². The van der Waals surface area contributed by atoms with Gasteiger partial charge in [-0.2, -0.15) is 26.3 Å². The Morgan fingerprint density at radius 3 is 2.03 bits per heavy atom. The van der Waals surface area contributed by atoms with E-state index in [9.17, 15) is 35.9 Å². The molecule has 35 heavy (non-hydrogen) atoms. The highest BCUT2D eigenvalue weighted by molar-refractivity contribution is 6.28. The molecule has 8 nitrogen and oxygen atoms in total. The fourth-order valence-corrected chi connectivity index (χ4v) is 2.37. The predicted octanol–water partition coefficient (Wildman–Crippen LogP) is 5.34. The number of carbonyl (C=O) groups excluding carboxylic acids is 1. The second kappa shape index (κ2) is 12.1. The topological polar surface area (TPSA) is 115 Å². The Balaban J connectivity index is 0.000000378. The number of rotatable bonds is 4. The first kappa shape index (κ1) is 29.2. The molecule has 0 spiro atoms. The zero-order valence-corrected chi connectivity index (χ0v) is 17.2. The van der Waals surface area contributed by atoms with Crippen LogP contribution in [-0.4, -0.2) is 37.0 Å². The lowest BCUT2D eigenvalue weighted by Gasteiger charge is -2.11. The minimum atomic E-state index is -4.83. The lowest BCUT2D eigenvalue weighted by molar-refractivity contribution is -0.142. The third-order valence-corrected chi connectivity index (χ3v) is 3.85. The molecule has 0 amide bonds. The molecule has 0 unspecified atom stereocenters. The maximum Gasteiger partial charge on any atom is 0.434 e. The van der Waals surface area contributed by atoms with Crippen molar-refractivity contribution in [2.45, 2.75) is 26.4 Å². The van der Waals surface area contributed by atoms with Crippen LogP contribution in [0, 0.1) is 0 Å². The summed E-state index contributed by atoms with van der Waals surface area (Å²) in [7, 11) is 0. The van der Waals surface area contributed by atoms with E-state index in [0.717, 1.165) is 0 Å². The molecule has 3 rings (SSSR count). The van der Waals surface area contributed by atoms with E-state index in [-0.39, 0.29) is 14.0 Å². The van der Waals surface area contributed by atoms with Crippen LogP contribution in [0.3, 0.4) is 0 Å². The van der Waals surface area contributed by atoms with Crippen molar-refractivity contribution >= 4 is 23.5 Å². The van der Waals surface area contributed by atoms with Gasteiger partial charge in [-0.15, -0.1) is 0 Å². The van der Waals surface area contributed by atoms with E-state index in [1.54, 1.807) is 30.3 Å². The van der Waals surface area contributed by atoms with Crippen molar-refractivity contribution in [3.63, 3.8) is 0 Å². The van der Waals surface area contributed by atoms with Crippen LogP contribution in [-0.2, 0) is 23.7 Å². The number of esters is 1. The van der Waals surface area contributed by atoms with Crippen LogP contribution in [0.25, 0.3) is 0 Å². The molecule has 0 aliphatic carbocycles. The molecule has 0 aliphatic rings. The van der Waals surface area contributed by atoms with Crippen LogP contribution in [0.2, 0.25) is 5.28 Å². The highest BCUT2D eigenvalue weighted by atomic mass is 35.5. The Labute approximate surface area is 198 Å². The monoisotopic (exact) mass is 524 g/mol. The number of carbonyl (C=O) groups is 2. The molecule has 2 heterocycles. The summed E-state index contributed by atoms with van der Waals surface area (Å²) in [6.07, 6.45) is -7.64. The van der Waals surface area contributed by atoms with Gasteiger partial charge in [-0.1, -0.05) is 37.8 Å². The Morgan fingerprint density at radius 1 is 0.914 bits per heavy atom. The molecule has 3 aromatic rings. The first-order chi connectivity index (χ1) is 15.8. The normalized spacial score (nSPS) is 10.9. The van der Waals surface area contributed by atoms with E-state index in [4.69, 9.17) is 21.4 Å². The van der Waals surface area contributed by atoms with E-state index >= 15 is 0 Å². The highest BCUT2D eigenvalue weighted by Crippen LogP contribution is 2.31. The number of carboxylic acid groups (broad SMARTS) is 1. The van der Waals surface area contributed by atoms with Crippen LogP contribution in [0.4, 0.5) is 26.3 Å². The van der Waals surface area contributed by atoms with Crippen molar-refractivity contribution in [2.24, 2.45) is 0 Å². The molecule has 1 N–H and O–H groups in total. The van der Waals surface area contributed by atoms with Crippen molar-refractivity contribution in [3.8, 4) is 0 Å². The quantitative estimate of drug-likeness (QED) is 0.276. The molecule has 0 fully saturated rings. The summed E-state index contributed by atoms with van der Waals surface area (Å²) in [5, 5.41) is 7.75. The second-order valence-corrected chi connectivity index (χ2v) is 6.39. The van der Waals surface area contributed by atoms with Gasteiger partial charge in [-0.3, -0.25) is 0 Å². The van der Waals surface area contributed by atoms with E-state index < -0.39 is 52.1 Å². The average molecular weight is 525 g/mol. The number of nitrogens with zero attached hydrogens (tertiary/aromatic N) is 4. The van der Waals surface area contributed by atoms with Gasteiger partial charge in [0.15, 0.2) is 11.4 Å². The van der Waals surface area contributed by atoms with E-state index in [1.165, 1.54) is 0 Å². The zero-order valence-electron chi connectivity index (χ0n) is 16.4. The summed E-state index contributed by atoms with van der Waals surface area (Å²) in [5.41, 5.74) is -3.93. The average Bonchev–Trinajstić information content (AvgIpc) is 2.77. The zero-order chi connectivity index (χ0) is 25.5. The molecule has 0 atom stereocenters. The van der Waals surface area contributed by atoms with Gasteiger partial charge in [0.1, 0.15) is 24.1 Å². The summed E-state index contributed by atoms with van der Waals surface area (Å²) in [6.45, 7) is -0.153. The summed E-state index contributed by atoms with van der Waals surface area (Å²) in [6, 6.07) is 8.55. The number of carboxylic acids is 1. The Kier molecular flexibility index (Phi) is 10.1. The molecule has 1 aromatic carbocycles. The standard InChI is InChI=1S/C13H8ClF3N2O2.C6H3F3N2O2.CH4/c14-12-18-6-9(10(19-12)13(15,16)17)11(20)21-7-8-4-2-1-3-5-8;7-6(8,9)4-3(5(12)13)1-10-2-11-4;/h1-6H,7H2;1-2H,(H,12,13);1H4. The number of hydrogen-bond donors (Lipinski definition) is 1. The van der Waals surface area contributed by atoms with Gasteiger partial charge in [0, 0.05) is 12.4 Å². The van der Waals surface area contributed by atoms with Gasteiger partial charge in [0.25, 0.3) is 0 Å². The van der Waals surface area contributed by atoms with Gasteiger partial charge in [-0.05, 0) is 17.2 Å². The summed E-state index contributed by atoms with van der Waals surface area (Å²) >= 11 is 5.33. The Morgan fingerprint density at radius 2 is 1.51 bits per heavy atom. The van der Waals surface area contributed by atoms with Gasteiger partial charge >= 0.3 is 24.3 Å². The summed E-state index contributed by atoms with van der Waals surface area (Å²) in [5.74, 6) is -2.87. The second-order valence-electron chi connectivity index (χ2n) is 6.05. The van der Waals surface area contributed by atoms with Crippen molar-refractivity contribution in [1.82, 2.24) is 19.9 Å². The molecular formula is C20H15ClF6N4O4. The predicted molar refractivity (Wildman–Crippen MR) is 108 cm³/mol. The maximum atomic E-state index is 12.8. The number of alkyl halides is 6. The van der Waals surface area contributed by atoms with Crippen LogP contribution in [0.5, 0.6) is 0 Å². The van der Waals surface area contributed by atoms with E-state index in [2.05, 4.69) is 19.9 Å².